The highest BCUT2D eigenvalue weighted by Gasteiger charge is 2.42. The van der Waals surface area contributed by atoms with E-state index in [2.05, 4.69) is 45.1 Å². The Hall–Kier alpha value is -3.94. The Morgan fingerprint density at radius 2 is 1.62 bits per heavy atom. The molecule has 2 amide bonds. The molecule has 1 atom stereocenters. The lowest BCUT2D eigenvalue weighted by Gasteiger charge is -2.37. The normalized spacial score (nSPS) is 15.5. The molecule has 3 aromatic carbocycles. The number of fused-ring (bicyclic) bond motifs is 1. The molecule has 3 aromatic rings. The summed E-state index contributed by atoms with van der Waals surface area (Å²) in [7, 11) is -4.04. The Morgan fingerprint density at radius 1 is 1.00 bits per heavy atom. The largest absolute Gasteiger partial charge is 0.483 e. The van der Waals surface area contributed by atoms with Crippen LogP contribution in [0, 0.1) is 0 Å². The van der Waals surface area contributed by atoms with Crippen molar-refractivity contribution < 1.29 is 32.6 Å². The van der Waals surface area contributed by atoms with Crippen molar-refractivity contribution in [1.82, 2.24) is 15.4 Å². The minimum absolute atomic E-state index is 0.0186. The number of anilines is 2. The number of nitrogens with one attached hydrogen (secondary N) is 3. The quantitative estimate of drug-likeness (QED) is 0.162. The highest BCUT2D eigenvalue weighted by Crippen LogP contribution is 2.43. The van der Waals surface area contributed by atoms with Crippen LogP contribution in [0.5, 0.6) is 5.75 Å². The van der Waals surface area contributed by atoms with Crippen LogP contribution in [-0.4, -0.2) is 56.5 Å². The topological polar surface area (TPSA) is 154 Å². The molecule has 4 N–H and O–H groups in total. The molecule has 47 heavy (non-hydrogen) atoms. The van der Waals surface area contributed by atoms with Gasteiger partial charge in [-0.1, -0.05) is 88.1 Å². The Kier molecular flexibility index (Phi) is 12.4. The third-order valence-electron chi connectivity index (χ3n) is 7.96. The maximum absolute atomic E-state index is 14.1. The molecule has 13 heteroatoms. The molecule has 252 valence electrons. The zero-order chi connectivity index (χ0) is 34.0. The second-order valence-corrected chi connectivity index (χ2v) is 14.1. The molecule has 0 fully saturated rings. The van der Waals surface area contributed by atoms with E-state index in [0.717, 1.165) is 31.4 Å². The molecule has 1 unspecified atom stereocenters. The van der Waals surface area contributed by atoms with E-state index in [1.54, 1.807) is 36.4 Å². The number of carboxylic acids is 1. The van der Waals surface area contributed by atoms with E-state index in [9.17, 15) is 22.8 Å². The Morgan fingerprint density at radius 3 is 2.21 bits per heavy atom. The van der Waals surface area contributed by atoms with E-state index in [4.69, 9.17) is 9.84 Å². The third-order valence-corrected chi connectivity index (χ3v) is 10.2. The summed E-state index contributed by atoms with van der Waals surface area (Å²) in [6, 6.07) is 20.0. The van der Waals surface area contributed by atoms with Crippen molar-refractivity contribution in [3.05, 3.63) is 82.8 Å². The van der Waals surface area contributed by atoms with Gasteiger partial charge < -0.3 is 25.4 Å². The lowest BCUT2D eigenvalue weighted by Crippen LogP contribution is -2.53. The molecular weight excluding hydrogens is 688 g/mol. The number of ether oxygens (including phenoxy) is 1. The maximum atomic E-state index is 14.1. The van der Waals surface area contributed by atoms with Gasteiger partial charge in [0.05, 0.1) is 15.7 Å². The van der Waals surface area contributed by atoms with Crippen molar-refractivity contribution in [2.24, 2.45) is 0 Å². The Labute approximate surface area is 284 Å². The molecule has 0 aliphatic carbocycles. The smallest absolute Gasteiger partial charge is 0.322 e. The first-order valence-electron chi connectivity index (χ1n) is 15.7. The number of carbonyl (C=O) groups excluding carboxylic acids is 2. The summed E-state index contributed by atoms with van der Waals surface area (Å²) in [6.07, 6.45) is 4.91. The molecule has 0 spiro atoms. The first-order chi connectivity index (χ1) is 22.5. The molecule has 0 radical (unpaired) electrons. The van der Waals surface area contributed by atoms with Crippen molar-refractivity contribution >= 4 is 55.1 Å². The van der Waals surface area contributed by atoms with Gasteiger partial charge in [-0.3, -0.25) is 14.4 Å². The van der Waals surface area contributed by atoms with Gasteiger partial charge in [0, 0.05) is 18.3 Å². The number of nitrogens with zero attached hydrogens (tertiary/aromatic N) is 1. The first kappa shape index (κ1) is 35.9. The number of aliphatic carboxylic acids is 1. The summed E-state index contributed by atoms with van der Waals surface area (Å²) < 4.78 is 37.6. The first-order valence-corrected chi connectivity index (χ1v) is 17.9. The number of hydrogen-bond donors (Lipinski definition) is 4. The monoisotopic (exact) mass is 728 g/mol. The molecule has 1 aliphatic heterocycles. The number of rotatable bonds is 15. The fraction of sp³-hybridized carbons (Fsp3) is 0.382. The molecule has 1 aliphatic rings. The van der Waals surface area contributed by atoms with Crippen molar-refractivity contribution in [2.45, 2.75) is 68.8 Å². The average Bonchev–Trinajstić information content (AvgIpc) is 3.15. The third kappa shape index (κ3) is 9.33. The molecule has 0 aromatic heterocycles. The predicted octanol–water partition coefficient (Wildman–Crippen LogP) is 5.44. The van der Waals surface area contributed by atoms with Crippen LogP contribution in [0.25, 0.3) is 0 Å². The van der Waals surface area contributed by atoms with E-state index in [1.165, 1.54) is 6.07 Å². The summed E-state index contributed by atoms with van der Waals surface area (Å²) in [5, 5.41) is 13.9. The number of carboxylic acid groups (broad SMARTS) is 1. The van der Waals surface area contributed by atoms with Crippen LogP contribution in [-0.2, 0) is 24.4 Å². The molecular formula is C34H41BrN4O7S. The highest BCUT2D eigenvalue weighted by atomic mass is 79.9. The van der Waals surface area contributed by atoms with Crippen LogP contribution < -0.4 is 25.0 Å². The van der Waals surface area contributed by atoms with Crippen LogP contribution in [0.3, 0.4) is 0 Å². The van der Waals surface area contributed by atoms with Gasteiger partial charge in [-0.15, -0.1) is 0 Å². The van der Waals surface area contributed by atoms with Gasteiger partial charge in [0.25, 0.3) is 5.91 Å². The van der Waals surface area contributed by atoms with Crippen LogP contribution in [0.15, 0.2) is 82.2 Å². The van der Waals surface area contributed by atoms with Crippen molar-refractivity contribution in [1.29, 1.82) is 0 Å². The predicted molar refractivity (Wildman–Crippen MR) is 183 cm³/mol. The van der Waals surface area contributed by atoms with E-state index < -0.39 is 52.5 Å². The number of amides is 2. The van der Waals surface area contributed by atoms with Gasteiger partial charge in [-0.2, -0.15) is 0 Å². The van der Waals surface area contributed by atoms with E-state index in [1.807, 2.05) is 35.2 Å². The lowest BCUT2D eigenvalue weighted by atomic mass is 9.87. The summed E-state index contributed by atoms with van der Waals surface area (Å²) in [5.74, 6) is -2.48. The fourth-order valence-electron chi connectivity index (χ4n) is 5.63. The zero-order valence-corrected chi connectivity index (χ0v) is 28.9. The number of sulfonamides is 1. The summed E-state index contributed by atoms with van der Waals surface area (Å²) in [4.78, 5) is 38.9. The van der Waals surface area contributed by atoms with Crippen LogP contribution in [0.1, 0.15) is 64.0 Å². The minimum atomic E-state index is -4.04. The molecule has 0 saturated heterocycles. The van der Waals surface area contributed by atoms with Gasteiger partial charge in [-0.05, 0) is 52.5 Å². The summed E-state index contributed by atoms with van der Waals surface area (Å²) in [6.45, 7) is 3.45. The van der Waals surface area contributed by atoms with Crippen molar-refractivity contribution in [3.63, 3.8) is 0 Å². The number of hydrogen-bond acceptors (Lipinski definition) is 7. The number of para-hydroxylation sites is 1. The van der Waals surface area contributed by atoms with Crippen molar-refractivity contribution in [3.8, 4) is 5.75 Å². The molecule has 0 saturated carbocycles. The van der Waals surface area contributed by atoms with E-state index in [-0.39, 0.29) is 10.6 Å². The number of halogens is 1. The molecule has 11 nitrogen and oxygen atoms in total. The summed E-state index contributed by atoms with van der Waals surface area (Å²) in [5.41, 5.74) is 1.06. The zero-order valence-electron chi connectivity index (χ0n) is 26.5. The average molecular weight is 730 g/mol. The van der Waals surface area contributed by atoms with Crippen LogP contribution in [0.4, 0.5) is 11.4 Å². The van der Waals surface area contributed by atoms with Gasteiger partial charge >= 0.3 is 5.97 Å². The fourth-order valence-corrected chi connectivity index (χ4v) is 7.73. The Bertz CT molecular complexity index is 1650. The summed E-state index contributed by atoms with van der Waals surface area (Å²) >= 11 is 3.53. The van der Waals surface area contributed by atoms with Gasteiger partial charge in [0.2, 0.25) is 15.9 Å². The lowest BCUT2D eigenvalue weighted by molar-refractivity contribution is -0.138. The van der Waals surface area contributed by atoms with Gasteiger partial charge in [-0.25, -0.2) is 13.1 Å². The number of unbranched alkanes of at least 4 members (excludes halogenated alkanes) is 2. The standard InChI is InChI=1S/C34H41BrN4O7S/c1-3-5-17-34(18-6-4-2)23-39(25-15-11-8-12-16-25)27-19-26(35)28(20-29(27)47(44,45)38-34)46-22-30(40)37-32(24-13-9-7-10-14-24)33(43)36-21-31(41)42/h7-16,19-20,32,38H,3-6,17-18,21-23H2,1-2H3,(H,36,43)(H,37,40)(H,41,42). The van der Waals surface area contributed by atoms with Gasteiger partial charge in [0.1, 0.15) is 23.2 Å². The highest BCUT2D eigenvalue weighted by molar-refractivity contribution is 9.10. The molecule has 1 heterocycles. The van der Waals surface area contributed by atoms with E-state index >= 15 is 0 Å². The number of carbonyl (C=O) groups is 3. The van der Waals surface area contributed by atoms with E-state index in [0.29, 0.717) is 35.1 Å². The minimum Gasteiger partial charge on any atom is -0.483 e. The SMILES string of the molecule is CCCCC1(CCCC)CN(c2ccccc2)c2cc(Br)c(OCC(=O)NC(C(=O)NCC(=O)O)c3ccccc3)cc2S(=O)(=O)N1. The van der Waals surface area contributed by atoms with Crippen LogP contribution in [0.2, 0.25) is 0 Å². The van der Waals surface area contributed by atoms with Crippen molar-refractivity contribution in [2.75, 3.05) is 24.6 Å². The molecule has 0 bridgehead atoms. The second kappa shape index (κ2) is 16.2. The maximum Gasteiger partial charge on any atom is 0.322 e. The molecule has 4 rings (SSSR count). The Balaban J connectivity index is 1.65. The van der Waals surface area contributed by atoms with Crippen LogP contribution >= 0.6 is 15.9 Å². The second-order valence-electron chi connectivity index (χ2n) is 11.6. The van der Waals surface area contributed by atoms with Gasteiger partial charge in [0.15, 0.2) is 6.61 Å². The number of benzene rings is 3.